The first-order valence-corrected chi connectivity index (χ1v) is 9.05. The Morgan fingerprint density at radius 1 is 1.38 bits per heavy atom. The molecule has 1 aliphatic rings. The van der Waals surface area contributed by atoms with Crippen molar-refractivity contribution >= 4 is 44.4 Å². The van der Waals surface area contributed by atoms with Gasteiger partial charge in [-0.25, -0.2) is 9.37 Å². The highest BCUT2D eigenvalue weighted by Gasteiger charge is 2.16. The predicted octanol–water partition coefficient (Wildman–Crippen LogP) is 4.44. The zero-order valence-electron chi connectivity index (χ0n) is 11.6. The molecule has 2 aromatic rings. The van der Waals surface area contributed by atoms with E-state index in [0.717, 1.165) is 10.2 Å². The highest BCUT2D eigenvalue weighted by Crippen LogP contribution is 2.29. The van der Waals surface area contributed by atoms with E-state index >= 15 is 0 Å². The number of carbonyl (C=O) groups is 1. The van der Waals surface area contributed by atoms with Crippen molar-refractivity contribution in [1.29, 1.82) is 0 Å². The number of carbonyl (C=O) groups excluding carboxylic acids is 1. The highest BCUT2D eigenvalue weighted by molar-refractivity contribution is 8.00. The summed E-state index contributed by atoms with van der Waals surface area (Å²) in [6.45, 7) is 0. The second-order valence-corrected chi connectivity index (χ2v) is 7.57. The minimum Gasteiger partial charge on any atom is -0.301 e. The molecule has 1 saturated carbocycles. The van der Waals surface area contributed by atoms with Crippen LogP contribution in [0.1, 0.15) is 32.1 Å². The van der Waals surface area contributed by atoms with Gasteiger partial charge in [0.05, 0.1) is 16.0 Å². The SMILES string of the molecule is O=C(CSC1CCCCC1)Nc1nc2ccc(F)cc2s1. The van der Waals surface area contributed by atoms with Gasteiger partial charge in [-0.2, -0.15) is 0 Å². The number of amides is 1. The highest BCUT2D eigenvalue weighted by atomic mass is 32.2. The molecule has 0 aliphatic heterocycles. The Hall–Kier alpha value is -1.14. The number of rotatable bonds is 4. The topological polar surface area (TPSA) is 42.0 Å². The number of halogens is 1. The molecule has 1 heterocycles. The largest absolute Gasteiger partial charge is 0.301 e. The number of thiazole rings is 1. The minimum atomic E-state index is -0.281. The molecule has 0 unspecified atom stereocenters. The normalized spacial score (nSPS) is 16.2. The Morgan fingerprint density at radius 3 is 3.00 bits per heavy atom. The number of nitrogens with zero attached hydrogens (tertiary/aromatic N) is 1. The van der Waals surface area contributed by atoms with Gasteiger partial charge < -0.3 is 5.32 Å². The standard InChI is InChI=1S/C15H17FN2OS2/c16-10-6-7-12-13(8-10)21-15(17-12)18-14(19)9-20-11-4-2-1-3-5-11/h6-8,11H,1-5,9H2,(H,17,18,19). The van der Waals surface area contributed by atoms with E-state index in [1.54, 1.807) is 17.8 Å². The molecule has 0 radical (unpaired) electrons. The molecule has 0 bridgehead atoms. The molecule has 1 N–H and O–H groups in total. The summed E-state index contributed by atoms with van der Waals surface area (Å²) in [4.78, 5) is 16.3. The third kappa shape index (κ3) is 3.95. The summed E-state index contributed by atoms with van der Waals surface area (Å²) < 4.78 is 13.9. The number of hydrogen-bond acceptors (Lipinski definition) is 4. The number of aromatic nitrogens is 1. The lowest BCUT2D eigenvalue weighted by atomic mass is 10.0. The lowest BCUT2D eigenvalue weighted by Crippen LogP contribution is -2.17. The smallest absolute Gasteiger partial charge is 0.236 e. The minimum absolute atomic E-state index is 0.0231. The van der Waals surface area contributed by atoms with Gasteiger partial charge in [-0.05, 0) is 31.0 Å². The van der Waals surface area contributed by atoms with Gasteiger partial charge in [-0.3, -0.25) is 4.79 Å². The monoisotopic (exact) mass is 324 g/mol. The Bertz CT molecular complexity index is 638. The maximum absolute atomic E-state index is 13.1. The Balaban J connectivity index is 1.55. The van der Waals surface area contributed by atoms with Crippen molar-refractivity contribution in [3.05, 3.63) is 24.0 Å². The van der Waals surface area contributed by atoms with Crippen LogP contribution in [-0.2, 0) is 4.79 Å². The average Bonchev–Trinajstić information content (AvgIpc) is 2.87. The number of fused-ring (bicyclic) bond motifs is 1. The molecule has 112 valence electrons. The first kappa shape index (κ1) is 14.8. The zero-order chi connectivity index (χ0) is 14.7. The van der Waals surface area contributed by atoms with Crippen LogP contribution in [0, 0.1) is 5.82 Å². The van der Waals surface area contributed by atoms with E-state index in [4.69, 9.17) is 0 Å². The van der Waals surface area contributed by atoms with Crippen molar-refractivity contribution in [1.82, 2.24) is 4.98 Å². The van der Waals surface area contributed by atoms with E-state index in [9.17, 15) is 9.18 Å². The van der Waals surface area contributed by atoms with Crippen LogP contribution in [0.3, 0.4) is 0 Å². The Labute approximate surface area is 131 Å². The molecule has 1 aromatic carbocycles. The third-order valence-corrected chi connectivity index (χ3v) is 5.90. The fraction of sp³-hybridized carbons (Fsp3) is 0.467. The molecule has 6 heteroatoms. The van der Waals surface area contributed by atoms with Gasteiger partial charge in [0.2, 0.25) is 5.91 Å². The lowest BCUT2D eigenvalue weighted by Gasteiger charge is -2.20. The first-order chi connectivity index (χ1) is 10.2. The number of hydrogen-bond donors (Lipinski definition) is 1. The quantitative estimate of drug-likeness (QED) is 0.904. The van der Waals surface area contributed by atoms with E-state index in [2.05, 4.69) is 10.3 Å². The van der Waals surface area contributed by atoms with E-state index in [0.29, 0.717) is 16.1 Å². The molecule has 0 atom stereocenters. The predicted molar refractivity (Wildman–Crippen MR) is 87.5 cm³/mol. The molecule has 3 rings (SSSR count). The summed E-state index contributed by atoms with van der Waals surface area (Å²) in [5.41, 5.74) is 0.719. The van der Waals surface area contributed by atoms with Gasteiger partial charge in [0.15, 0.2) is 5.13 Å². The van der Waals surface area contributed by atoms with Gasteiger partial charge in [0.25, 0.3) is 0 Å². The second kappa shape index (κ2) is 6.75. The van der Waals surface area contributed by atoms with Crippen molar-refractivity contribution in [2.45, 2.75) is 37.4 Å². The maximum Gasteiger partial charge on any atom is 0.236 e. The molecule has 1 fully saturated rings. The maximum atomic E-state index is 13.1. The summed E-state index contributed by atoms with van der Waals surface area (Å²) in [5, 5.41) is 3.98. The molecule has 0 spiro atoms. The second-order valence-electron chi connectivity index (χ2n) is 5.25. The molecular formula is C15H17FN2OS2. The number of nitrogens with one attached hydrogen (secondary N) is 1. The summed E-state index contributed by atoms with van der Waals surface area (Å²) in [6.07, 6.45) is 6.33. The molecule has 3 nitrogen and oxygen atoms in total. The lowest BCUT2D eigenvalue weighted by molar-refractivity contribution is -0.113. The summed E-state index contributed by atoms with van der Waals surface area (Å²) in [6, 6.07) is 4.46. The zero-order valence-corrected chi connectivity index (χ0v) is 13.2. The van der Waals surface area contributed by atoms with E-state index in [1.165, 1.54) is 55.6 Å². The van der Waals surface area contributed by atoms with Crippen LogP contribution >= 0.6 is 23.1 Å². The van der Waals surface area contributed by atoms with Crippen molar-refractivity contribution in [3.8, 4) is 0 Å². The number of thioether (sulfide) groups is 1. The molecule has 1 aromatic heterocycles. The molecule has 1 aliphatic carbocycles. The molecule has 0 saturated heterocycles. The van der Waals surface area contributed by atoms with Crippen LogP contribution in [0.25, 0.3) is 10.2 Å². The molecular weight excluding hydrogens is 307 g/mol. The average molecular weight is 324 g/mol. The van der Waals surface area contributed by atoms with Gasteiger partial charge in [-0.1, -0.05) is 30.6 Å². The molecule has 1 amide bonds. The van der Waals surface area contributed by atoms with Crippen LogP contribution in [0.15, 0.2) is 18.2 Å². The summed E-state index contributed by atoms with van der Waals surface area (Å²) in [5.74, 6) is 0.163. The van der Waals surface area contributed by atoms with Gasteiger partial charge in [0, 0.05) is 5.25 Å². The van der Waals surface area contributed by atoms with Crippen LogP contribution in [-0.4, -0.2) is 21.9 Å². The fourth-order valence-electron chi connectivity index (χ4n) is 2.53. The van der Waals surface area contributed by atoms with Crippen LogP contribution < -0.4 is 5.32 Å². The summed E-state index contributed by atoms with van der Waals surface area (Å²) >= 11 is 3.05. The van der Waals surface area contributed by atoms with Crippen LogP contribution in [0.5, 0.6) is 0 Å². The molecule has 21 heavy (non-hydrogen) atoms. The number of benzene rings is 1. The van der Waals surface area contributed by atoms with E-state index < -0.39 is 0 Å². The van der Waals surface area contributed by atoms with E-state index in [-0.39, 0.29) is 11.7 Å². The van der Waals surface area contributed by atoms with Gasteiger partial charge in [-0.15, -0.1) is 11.8 Å². The summed E-state index contributed by atoms with van der Waals surface area (Å²) in [7, 11) is 0. The van der Waals surface area contributed by atoms with Crippen molar-refractivity contribution in [2.24, 2.45) is 0 Å². The van der Waals surface area contributed by atoms with Crippen molar-refractivity contribution in [3.63, 3.8) is 0 Å². The van der Waals surface area contributed by atoms with Gasteiger partial charge >= 0.3 is 0 Å². The Kier molecular flexibility index (Phi) is 4.75. The van der Waals surface area contributed by atoms with Crippen LogP contribution in [0.4, 0.5) is 9.52 Å². The number of anilines is 1. The Morgan fingerprint density at radius 2 is 2.19 bits per heavy atom. The van der Waals surface area contributed by atoms with Crippen molar-refractivity contribution < 1.29 is 9.18 Å². The fourth-order valence-corrected chi connectivity index (χ4v) is 4.57. The van der Waals surface area contributed by atoms with E-state index in [1.807, 2.05) is 0 Å². The van der Waals surface area contributed by atoms with Gasteiger partial charge in [0.1, 0.15) is 5.82 Å². The third-order valence-electron chi connectivity index (χ3n) is 3.60. The van der Waals surface area contributed by atoms with Crippen molar-refractivity contribution in [2.75, 3.05) is 11.1 Å². The first-order valence-electron chi connectivity index (χ1n) is 7.18. The van der Waals surface area contributed by atoms with Crippen LogP contribution in [0.2, 0.25) is 0 Å².